The third-order valence-electron chi connectivity index (χ3n) is 4.71. The van der Waals surface area contributed by atoms with Gasteiger partial charge in [0.1, 0.15) is 16.4 Å². The highest BCUT2D eigenvalue weighted by molar-refractivity contribution is 7.92. The van der Waals surface area contributed by atoms with E-state index in [0.717, 1.165) is 17.5 Å². The standard InChI is InChI=1S/C21H19NO4S/c1-25-17-9-10-20(26-2)21(13-17)27(23,24)22-16-8-7-15-11-14-5-3-4-6-18(14)19(15)12-16/h3-10,12-13,22H,11H2,1-2H3. The lowest BCUT2D eigenvalue weighted by atomic mass is 10.1. The van der Waals surface area contributed by atoms with Crippen LogP contribution in [0.5, 0.6) is 11.5 Å². The molecule has 4 rings (SSSR count). The second-order valence-corrected chi connectivity index (χ2v) is 7.98. The van der Waals surface area contributed by atoms with Gasteiger partial charge in [-0.25, -0.2) is 8.42 Å². The Hall–Kier alpha value is -2.99. The third kappa shape index (κ3) is 3.13. The molecule has 0 bridgehead atoms. The van der Waals surface area contributed by atoms with Gasteiger partial charge in [0.2, 0.25) is 0 Å². The first-order valence-corrected chi connectivity index (χ1v) is 9.96. The van der Waals surface area contributed by atoms with Crippen molar-refractivity contribution >= 4 is 15.7 Å². The van der Waals surface area contributed by atoms with Gasteiger partial charge in [-0.2, -0.15) is 0 Å². The molecule has 0 saturated carbocycles. The molecule has 0 spiro atoms. The number of hydrogen-bond donors (Lipinski definition) is 1. The second kappa shape index (κ2) is 6.63. The molecule has 1 aliphatic carbocycles. The molecule has 0 unspecified atom stereocenters. The van der Waals surface area contributed by atoms with Crippen LogP contribution < -0.4 is 14.2 Å². The van der Waals surface area contributed by atoms with Gasteiger partial charge in [-0.3, -0.25) is 4.72 Å². The van der Waals surface area contributed by atoms with E-state index >= 15 is 0 Å². The Bertz CT molecular complexity index is 1120. The van der Waals surface area contributed by atoms with Crippen molar-refractivity contribution in [2.24, 2.45) is 0 Å². The van der Waals surface area contributed by atoms with Gasteiger partial charge in [-0.05, 0) is 52.9 Å². The molecule has 0 heterocycles. The molecule has 3 aromatic carbocycles. The summed E-state index contributed by atoms with van der Waals surface area (Å²) in [6.45, 7) is 0. The molecule has 27 heavy (non-hydrogen) atoms. The summed E-state index contributed by atoms with van der Waals surface area (Å²) < 4.78 is 38.9. The fraction of sp³-hybridized carbons (Fsp3) is 0.143. The summed E-state index contributed by atoms with van der Waals surface area (Å²) in [6.07, 6.45) is 0.863. The van der Waals surface area contributed by atoms with Gasteiger partial charge < -0.3 is 9.47 Å². The normalized spacial score (nSPS) is 12.2. The van der Waals surface area contributed by atoms with Crippen molar-refractivity contribution in [1.29, 1.82) is 0 Å². The van der Waals surface area contributed by atoms with Gasteiger partial charge in [-0.15, -0.1) is 0 Å². The van der Waals surface area contributed by atoms with E-state index in [1.807, 2.05) is 24.3 Å². The van der Waals surface area contributed by atoms with Crippen LogP contribution in [0.2, 0.25) is 0 Å². The molecule has 1 N–H and O–H groups in total. The molecule has 0 aromatic heterocycles. The summed E-state index contributed by atoms with van der Waals surface area (Å²) in [5, 5.41) is 0. The van der Waals surface area contributed by atoms with Crippen LogP contribution >= 0.6 is 0 Å². The van der Waals surface area contributed by atoms with Crippen molar-refractivity contribution in [3.63, 3.8) is 0 Å². The van der Waals surface area contributed by atoms with E-state index in [9.17, 15) is 8.42 Å². The molecule has 3 aromatic rings. The Balaban J connectivity index is 1.72. The van der Waals surface area contributed by atoms with Crippen molar-refractivity contribution in [2.75, 3.05) is 18.9 Å². The van der Waals surface area contributed by atoms with Crippen LogP contribution in [0.15, 0.2) is 65.6 Å². The van der Waals surface area contributed by atoms with Crippen LogP contribution in [0, 0.1) is 0 Å². The van der Waals surface area contributed by atoms with Crippen LogP contribution in [0.4, 0.5) is 5.69 Å². The summed E-state index contributed by atoms with van der Waals surface area (Å²) in [4.78, 5) is 0.0326. The van der Waals surface area contributed by atoms with Crippen molar-refractivity contribution in [1.82, 2.24) is 0 Å². The molecule has 0 radical (unpaired) electrons. The van der Waals surface area contributed by atoms with Gasteiger partial charge in [0.15, 0.2) is 0 Å². The molecule has 6 heteroatoms. The lowest BCUT2D eigenvalue weighted by Crippen LogP contribution is -2.14. The number of benzene rings is 3. The van der Waals surface area contributed by atoms with E-state index in [2.05, 4.69) is 16.9 Å². The van der Waals surface area contributed by atoms with E-state index in [-0.39, 0.29) is 10.6 Å². The van der Waals surface area contributed by atoms with Crippen LogP contribution in [0.1, 0.15) is 11.1 Å². The third-order valence-corrected chi connectivity index (χ3v) is 6.11. The molecule has 138 valence electrons. The molecule has 0 amide bonds. The summed E-state index contributed by atoms with van der Waals surface area (Å²) in [5.41, 5.74) is 5.16. The maximum Gasteiger partial charge on any atom is 0.265 e. The molecule has 0 saturated heterocycles. The number of anilines is 1. The second-order valence-electron chi connectivity index (χ2n) is 6.33. The Morgan fingerprint density at radius 1 is 0.852 bits per heavy atom. The number of methoxy groups -OCH3 is 2. The highest BCUT2D eigenvalue weighted by Gasteiger charge is 2.23. The number of nitrogens with one attached hydrogen (secondary N) is 1. The van der Waals surface area contributed by atoms with Gasteiger partial charge in [-0.1, -0.05) is 30.3 Å². The summed E-state index contributed by atoms with van der Waals surface area (Å²) >= 11 is 0. The van der Waals surface area contributed by atoms with Gasteiger partial charge in [0, 0.05) is 11.8 Å². The fourth-order valence-electron chi connectivity index (χ4n) is 3.39. The molecule has 5 nitrogen and oxygen atoms in total. The summed E-state index contributed by atoms with van der Waals surface area (Å²) in [6, 6.07) is 18.5. The zero-order chi connectivity index (χ0) is 19.0. The summed E-state index contributed by atoms with van der Waals surface area (Å²) in [5.74, 6) is 0.703. The van der Waals surface area contributed by atoms with Crippen molar-refractivity contribution in [3.8, 4) is 22.6 Å². The van der Waals surface area contributed by atoms with Crippen molar-refractivity contribution < 1.29 is 17.9 Å². The highest BCUT2D eigenvalue weighted by Crippen LogP contribution is 2.38. The Labute approximate surface area is 158 Å². The number of fused-ring (bicyclic) bond motifs is 3. The van der Waals surface area contributed by atoms with Crippen molar-refractivity contribution in [2.45, 2.75) is 11.3 Å². The SMILES string of the molecule is COc1ccc(OC)c(S(=O)(=O)Nc2ccc3c(c2)-c2ccccc2C3)c1. The van der Waals surface area contributed by atoms with Crippen LogP contribution in [0.3, 0.4) is 0 Å². The fourth-order valence-corrected chi connectivity index (χ4v) is 4.63. The van der Waals surface area contributed by atoms with Gasteiger partial charge in [0.05, 0.1) is 14.2 Å². The number of hydrogen-bond acceptors (Lipinski definition) is 4. The van der Waals surface area contributed by atoms with Crippen LogP contribution in [-0.2, 0) is 16.4 Å². The highest BCUT2D eigenvalue weighted by atomic mass is 32.2. The lowest BCUT2D eigenvalue weighted by molar-refractivity contribution is 0.392. The first-order chi connectivity index (χ1) is 13.0. The topological polar surface area (TPSA) is 64.6 Å². The zero-order valence-corrected chi connectivity index (χ0v) is 15.8. The molecule has 0 atom stereocenters. The monoisotopic (exact) mass is 381 g/mol. The largest absolute Gasteiger partial charge is 0.497 e. The van der Waals surface area contributed by atoms with E-state index in [4.69, 9.17) is 9.47 Å². The minimum Gasteiger partial charge on any atom is -0.497 e. The number of ether oxygens (including phenoxy) is 2. The predicted molar refractivity (Wildman–Crippen MR) is 105 cm³/mol. The maximum atomic E-state index is 12.9. The van der Waals surface area contributed by atoms with Crippen LogP contribution in [-0.4, -0.2) is 22.6 Å². The Morgan fingerprint density at radius 2 is 1.63 bits per heavy atom. The predicted octanol–water partition coefficient (Wildman–Crippen LogP) is 4.08. The molecular weight excluding hydrogens is 362 g/mol. The Kier molecular flexibility index (Phi) is 4.28. The minimum absolute atomic E-state index is 0.0326. The first kappa shape index (κ1) is 17.4. The minimum atomic E-state index is -3.84. The lowest BCUT2D eigenvalue weighted by Gasteiger charge is -2.13. The number of rotatable bonds is 5. The average molecular weight is 381 g/mol. The van der Waals surface area contributed by atoms with E-state index < -0.39 is 10.0 Å². The van der Waals surface area contributed by atoms with E-state index in [1.54, 1.807) is 18.2 Å². The number of sulfonamides is 1. The molecular formula is C21H19NO4S. The smallest absolute Gasteiger partial charge is 0.265 e. The maximum absolute atomic E-state index is 12.9. The summed E-state index contributed by atoms with van der Waals surface area (Å²) in [7, 11) is -0.911. The van der Waals surface area contributed by atoms with Crippen molar-refractivity contribution in [3.05, 3.63) is 71.8 Å². The van der Waals surface area contributed by atoms with Crippen LogP contribution in [0.25, 0.3) is 11.1 Å². The molecule has 0 fully saturated rings. The quantitative estimate of drug-likeness (QED) is 0.566. The molecule has 1 aliphatic rings. The zero-order valence-electron chi connectivity index (χ0n) is 15.0. The first-order valence-electron chi connectivity index (χ1n) is 8.48. The average Bonchev–Trinajstić information content (AvgIpc) is 3.05. The van der Waals surface area contributed by atoms with Gasteiger partial charge in [0.25, 0.3) is 10.0 Å². The molecule has 0 aliphatic heterocycles. The van der Waals surface area contributed by atoms with E-state index in [0.29, 0.717) is 11.4 Å². The van der Waals surface area contributed by atoms with Gasteiger partial charge >= 0.3 is 0 Å². The van der Waals surface area contributed by atoms with E-state index in [1.165, 1.54) is 31.4 Å². The Morgan fingerprint density at radius 3 is 2.41 bits per heavy atom.